The first kappa shape index (κ1) is 26.6. The number of fused-ring (bicyclic) bond motifs is 1. The molecule has 6 atom stereocenters. The average Bonchev–Trinajstić information content (AvgIpc) is 3.46. The molecule has 3 aliphatic heterocycles. The first-order valence-corrected chi connectivity index (χ1v) is 13.2. The van der Waals surface area contributed by atoms with Gasteiger partial charge in [0.1, 0.15) is 17.4 Å². The maximum absolute atomic E-state index is 14.3. The number of rotatable bonds is 11. The molecule has 10 heteroatoms. The number of benzene rings is 1. The lowest BCUT2D eigenvalue weighted by Gasteiger charge is -2.37. The average molecular weight is 565 g/mol. The van der Waals surface area contributed by atoms with E-state index in [4.69, 9.17) is 14.2 Å². The van der Waals surface area contributed by atoms with Gasteiger partial charge in [-0.1, -0.05) is 22.0 Å². The number of methoxy groups -OCH3 is 1. The van der Waals surface area contributed by atoms with Crippen LogP contribution in [0.15, 0.2) is 36.9 Å². The third kappa shape index (κ3) is 4.33. The number of halogens is 1. The number of carbonyl (C=O) groups excluding carboxylic acids is 3. The molecule has 3 aliphatic rings. The summed E-state index contributed by atoms with van der Waals surface area (Å²) in [4.78, 5) is 44.1. The fourth-order valence-electron chi connectivity index (χ4n) is 5.91. The van der Waals surface area contributed by atoms with Crippen molar-refractivity contribution in [3.8, 4) is 5.75 Å². The maximum atomic E-state index is 14.3. The van der Waals surface area contributed by atoms with Crippen LogP contribution in [0.25, 0.3) is 0 Å². The fourth-order valence-corrected chi connectivity index (χ4v) is 6.86. The maximum Gasteiger partial charge on any atom is 0.312 e. The highest BCUT2D eigenvalue weighted by Crippen LogP contribution is 2.60. The number of aliphatic hydroxyl groups is 1. The molecule has 3 saturated heterocycles. The first-order chi connectivity index (χ1) is 17.3. The van der Waals surface area contributed by atoms with Gasteiger partial charge in [-0.15, -0.1) is 6.58 Å². The molecule has 2 amide bonds. The normalized spacial score (nSPS) is 30.3. The van der Waals surface area contributed by atoms with E-state index < -0.39 is 35.6 Å². The molecule has 0 aromatic heterocycles. The van der Waals surface area contributed by atoms with Crippen LogP contribution in [0, 0.1) is 11.8 Å². The molecule has 1 aromatic carbocycles. The molecule has 1 N–H and O–H groups in total. The largest absolute Gasteiger partial charge is 0.497 e. The molecule has 0 radical (unpaired) electrons. The van der Waals surface area contributed by atoms with Crippen LogP contribution >= 0.6 is 15.9 Å². The Hall–Kier alpha value is -2.43. The number of anilines is 1. The number of esters is 1. The Bertz CT molecular complexity index is 1000. The Morgan fingerprint density at radius 2 is 2.06 bits per heavy atom. The number of aliphatic hydroxyl groups excluding tert-OH is 1. The van der Waals surface area contributed by atoms with Crippen LogP contribution in [0.5, 0.6) is 5.75 Å². The van der Waals surface area contributed by atoms with Crippen LogP contribution in [0.3, 0.4) is 0 Å². The number of hydrogen-bond acceptors (Lipinski definition) is 7. The van der Waals surface area contributed by atoms with Gasteiger partial charge >= 0.3 is 5.97 Å². The number of nitrogens with zero attached hydrogens (tertiary/aromatic N) is 2. The van der Waals surface area contributed by atoms with E-state index in [1.807, 2.05) is 0 Å². The minimum absolute atomic E-state index is 0.0167. The highest BCUT2D eigenvalue weighted by Gasteiger charge is 2.77. The summed E-state index contributed by atoms with van der Waals surface area (Å²) >= 11 is 3.64. The molecule has 0 saturated carbocycles. The van der Waals surface area contributed by atoms with Crippen LogP contribution in [0.4, 0.5) is 5.69 Å². The van der Waals surface area contributed by atoms with Crippen LogP contribution in [-0.2, 0) is 23.9 Å². The van der Waals surface area contributed by atoms with Crippen molar-refractivity contribution in [3.05, 3.63) is 36.9 Å². The fraction of sp³-hybridized carbons (Fsp3) is 0.577. The quantitative estimate of drug-likeness (QED) is 0.190. The lowest BCUT2D eigenvalue weighted by atomic mass is 9.70. The summed E-state index contributed by atoms with van der Waals surface area (Å²) in [7, 11) is 1.57. The molecule has 4 rings (SSSR count). The number of hydrogen-bond donors (Lipinski definition) is 1. The number of alkyl halides is 1. The van der Waals surface area contributed by atoms with Gasteiger partial charge in [0.25, 0.3) is 5.91 Å². The van der Waals surface area contributed by atoms with Gasteiger partial charge in [0.2, 0.25) is 5.91 Å². The minimum atomic E-state index is -1.16. The molecule has 2 bridgehead atoms. The third-order valence-corrected chi connectivity index (χ3v) is 8.20. The minimum Gasteiger partial charge on any atom is -0.497 e. The second kappa shape index (κ2) is 10.9. The van der Waals surface area contributed by atoms with E-state index in [-0.39, 0.29) is 42.9 Å². The van der Waals surface area contributed by atoms with Crippen molar-refractivity contribution in [1.29, 1.82) is 0 Å². The molecular formula is C26H33BrN2O7. The summed E-state index contributed by atoms with van der Waals surface area (Å²) < 4.78 is 17.0. The van der Waals surface area contributed by atoms with E-state index in [0.29, 0.717) is 30.7 Å². The van der Waals surface area contributed by atoms with Crippen LogP contribution in [0.2, 0.25) is 0 Å². The summed E-state index contributed by atoms with van der Waals surface area (Å²) in [5.41, 5.74) is -0.525. The number of ether oxygens (including phenoxy) is 3. The molecular weight excluding hydrogens is 532 g/mol. The van der Waals surface area contributed by atoms with E-state index >= 15 is 0 Å². The first-order valence-electron chi connectivity index (χ1n) is 12.3. The second-order valence-corrected chi connectivity index (χ2v) is 10.5. The van der Waals surface area contributed by atoms with E-state index in [9.17, 15) is 19.5 Å². The van der Waals surface area contributed by atoms with Gasteiger partial charge in [0.05, 0.1) is 31.7 Å². The topological polar surface area (TPSA) is 106 Å². The highest BCUT2D eigenvalue weighted by molar-refractivity contribution is 9.09. The third-order valence-electron chi connectivity index (χ3n) is 7.35. The molecule has 1 unspecified atom stereocenters. The zero-order chi connectivity index (χ0) is 26.0. The Morgan fingerprint density at radius 3 is 2.67 bits per heavy atom. The van der Waals surface area contributed by atoms with Crippen LogP contribution < -0.4 is 9.64 Å². The molecule has 9 nitrogen and oxygen atoms in total. The Morgan fingerprint density at radius 1 is 1.33 bits per heavy atom. The van der Waals surface area contributed by atoms with Crippen LogP contribution in [0.1, 0.15) is 26.2 Å². The zero-order valence-electron chi connectivity index (χ0n) is 20.6. The Kier molecular flexibility index (Phi) is 8.06. The molecule has 3 fully saturated rings. The van der Waals surface area contributed by atoms with Gasteiger partial charge in [-0.3, -0.25) is 14.4 Å². The molecule has 196 valence electrons. The van der Waals surface area contributed by atoms with Crippen molar-refractivity contribution in [1.82, 2.24) is 4.90 Å². The molecule has 3 heterocycles. The summed E-state index contributed by atoms with van der Waals surface area (Å²) in [5.74, 6) is -2.00. The summed E-state index contributed by atoms with van der Waals surface area (Å²) in [5, 5.41) is 9.31. The van der Waals surface area contributed by atoms with Gasteiger partial charge in [-0.25, -0.2) is 0 Å². The van der Waals surface area contributed by atoms with Crippen molar-refractivity contribution in [2.24, 2.45) is 11.8 Å². The van der Waals surface area contributed by atoms with Gasteiger partial charge in [0, 0.05) is 30.2 Å². The van der Waals surface area contributed by atoms with E-state index in [2.05, 4.69) is 22.5 Å². The monoisotopic (exact) mass is 564 g/mol. The number of likely N-dealkylation sites (tertiary alicyclic amines) is 1. The Labute approximate surface area is 219 Å². The van der Waals surface area contributed by atoms with Crippen LogP contribution in [-0.4, -0.2) is 83.8 Å². The predicted octanol–water partition coefficient (Wildman–Crippen LogP) is 2.30. The van der Waals surface area contributed by atoms with E-state index in [0.717, 1.165) is 0 Å². The van der Waals surface area contributed by atoms with E-state index in [1.54, 1.807) is 54.2 Å². The molecule has 1 aromatic rings. The summed E-state index contributed by atoms with van der Waals surface area (Å²) in [6.07, 6.45) is 2.50. The second-order valence-electron chi connectivity index (χ2n) is 9.31. The van der Waals surface area contributed by atoms with Gasteiger partial charge in [-0.2, -0.15) is 0 Å². The number of unbranched alkanes of at least 4 members (excludes halogenated alkanes) is 1. The lowest BCUT2D eigenvalue weighted by molar-refractivity contribution is -0.154. The van der Waals surface area contributed by atoms with Crippen molar-refractivity contribution in [3.63, 3.8) is 0 Å². The van der Waals surface area contributed by atoms with Crippen molar-refractivity contribution in [2.75, 3.05) is 38.3 Å². The van der Waals surface area contributed by atoms with Crippen molar-refractivity contribution >= 4 is 39.4 Å². The van der Waals surface area contributed by atoms with Crippen molar-refractivity contribution < 1.29 is 33.7 Å². The standard InChI is InChI=1S/C26H33BrN2O7/c1-4-12-28(16-8-10-17(34-3)11-9-16)24(32)22-26-15-18(27)21(36-26)19(25(33)35-5-2)20(26)23(31)29(22)13-6-7-14-30/h4,8-11,18-22,30H,1,5-7,12-15H2,2-3H3/t18?,19-,20+,21-,22-,26+/m1/s1. The lowest BCUT2D eigenvalue weighted by Crippen LogP contribution is -2.57. The SMILES string of the molecule is C=CCN(C(=O)[C@H]1N(CCCCO)C(=O)[C@@H]2[C@@H](C(=O)OCC)[C@@H]3O[C@@]21CC3Br)c1ccc(OC)cc1. The molecule has 1 spiro atoms. The Balaban J connectivity index is 1.76. The molecule has 36 heavy (non-hydrogen) atoms. The zero-order valence-corrected chi connectivity index (χ0v) is 22.2. The number of carbonyl (C=O) groups is 3. The van der Waals surface area contributed by atoms with Gasteiger partial charge in [-0.05, 0) is 50.5 Å². The van der Waals surface area contributed by atoms with Gasteiger partial charge in [0.15, 0.2) is 0 Å². The van der Waals surface area contributed by atoms with Gasteiger partial charge < -0.3 is 29.1 Å². The van der Waals surface area contributed by atoms with E-state index in [1.165, 1.54) is 0 Å². The smallest absolute Gasteiger partial charge is 0.312 e. The summed E-state index contributed by atoms with van der Waals surface area (Å²) in [6, 6.07) is 6.16. The molecule has 0 aliphatic carbocycles. The number of amides is 2. The van der Waals surface area contributed by atoms with Crippen molar-refractivity contribution in [2.45, 2.75) is 48.8 Å². The predicted molar refractivity (Wildman–Crippen MR) is 136 cm³/mol. The highest BCUT2D eigenvalue weighted by atomic mass is 79.9. The summed E-state index contributed by atoms with van der Waals surface area (Å²) in [6.45, 7) is 6.21.